The van der Waals surface area contributed by atoms with Crippen LogP contribution in [0.4, 0.5) is 13.2 Å². The van der Waals surface area contributed by atoms with Gasteiger partial charge in [0.05, 0.1) is 29.9 Å². The van der Waals surface area contributed by atoms with E-state index in [1.807, 2.05) is 0 Å². The molecule has 0 amide bonds. The van der Waals surface area contributed by atoms with Gasteiger partial charge in [0.2, 0.25) is 10.0 Å². The van der Waals surface area contributed by atoms with Gasteiger partial charge in [0.15, 0.2) is 0 Å². The molecule has 0 unspecified atom stereocenters. The smallest absolute Gasteiger partial charge is 0.417 e. The van der Waals surface area contributed by atoms with Crippen LogP contribution in [0, 0.1) is 0 Å². The second kappa shape index (κ2) is 10.5. The van der Waals surface area contributed by atoms with Crippen molar-refractivity contribution in [3.8, 4) is 11.3 Å². The van der Waals surface area contributed by atoms with E-state index >= 15 is 0 Å². The van der Waals surface area contributed by atoms with Crippen LogP contribution in [0.1, 0.15) is 30.2 Å². The maximum absolute atomic E-state index is 13.6. The zero-order valence-electron chi connectivity index (χ0n) is 18.6. The molecule has 13 heteroatoms. The molecule has 0 fully saturated rings. The lowest BCUT2D eigenvalue weighted by molar-refractivity contribution is -0.141. The van der Waals surface area contributed by atoms with Gasteiger partial charge in [-0.1, -0.05) is 6.07 Å². The number of benzene rings is 1. The van der Waals surface area contributed by atoms with Crippen molar-refractivity contribution in [1.82, 2.24) is 14.1 Å². The maximum Gasteiger partial charge on any atom is 0.417 e. The summed E-state index contributed by atoms with van der Waals surface area (Å²) in [6, 6.07) is 3.51. The van der Waals surface area contributed by atoms with E-state index in [4.69, 9.17) is 4.74 Å². The summed E-state index contributed by atoms with van der Waals surface area (Å²) in [5, 5.41) is 4.53. The first-order valence-electron chi connectivity index (χ1n) is 10.4. The van der Waals surface area contributed by atoms with Gasteiger partial charge in [-0.2, -0.15) is 22.6 Å². The first-order chi connectivity index (χ1) is 16.0. The van der Waals surface area contributed by atoms with E-state index in [0.717, 1.165) is 24.3 Å². The van der Waals surface area contributed by atoms with Gasteiger partial charge in [-0.3, -0.25) is 9.48 Å². The molecule has 34 heavy (non-hydrogen) atoms. The van der Waals surface area contributed by atoms with E-state index in [2.05, 4.69) is 5.10 Å². The number of rotatable bonds is 9. The molecule has 186 valence electrons. The predicted molar refractivity (Wildman–Crippen MR) is 120 cm³/mol. The molecular weight excluding hydrogens is 495 g/mol. The third-order valence-corrected chi connectivity index (χ3v) is 7.52. The Bertz CT molecular complexity index is 1180. The summed E-state index contributed by atoms with van der Waals surface area (Å²) in [4.78, 5) is 22.4. The highest BCUT2D eigenvalue weighted by molar-refractivity contribution is 8.00. The van der Waals surface area contributed by atoms with Crippen molar-refractivity contribution in [2.24, 2.45) is 0 Å². The van der Waals surface area contributed by atoms with Gasteiger partial charge in [-0.15, -0.1) is 11.8 Å². The third kappa shape index (κ3) is 5.99. The largest absolute Gasteiger partial charge is 0.465 e. The number of halogens is 3. The zero-order chi connectivity index (χ0) is 25.1. The molecule has 3 rings (SSSR count). The van der Waals surface area contributed by atoms with Gasteiger partial charge in [0.25, 0.3) is 0 Å². The Balaban J connectivity index is 2.07. The minimum Gasteiger partial charge on any atom is -0.465 e. The first kappa shape index (κ1) is 26.2. The number of carbonyl (C=O) groups excluding carboxylic acids is 2. The number of aryl methyl sites for hydroxylation is 1. The number of ether oxygens (including phenoxy) is 1. The highest BCUT2D eigenvalue weighted by Crippen LogP contribution is 2.40. The fraction of sp³-hybridized carbons (Fsp3) is 0.476. The van der Waals surface area contributed by atoms with Gasteiger partial charge in [0, 0.05) is 54.2 Å². The van der Waals surface area contributed by atoms with Crippen LogP contribution in [0.5, 0.6) is 0 Å². The zero-order valence-corrected chi connectivity index (χ0v) is 20.2. The first-order valence-corrected chi connectivity index (χ1v) is 13.3. The molecule has 0 aliphatic carbocycles. The summed E-state index contributed by atoms with van der Waals surface area (Å²) in [5.41, 5.74) is 1.15. The monoisotopic (exact) mass is 519 g/mol. The van der Waals surface area contributed by atoms with Crippen molar-refractivity contribution >= 4 is 34.0 Å². The molecule has 0 spiro atoms. The predicted octanol–water partition coefficient (Wildman–Crippen LogP) is 3.13. The minimum atomic E-state index is -4.63. The number of sulfonamides is 1. The Labute approximate surface area is 199 Å². The molecule has 0 saturated heterocycles. The molecule has 0 bridgehead atoms. The van der Waals surface area contributed by atoms with Crippen LogP contribution in [0.25, 0.3) is 11.3 Å². The highest BCUT2D eigenvalue weighted by atomic mass is 32.2. The normalized spacial score (nSPS) is 14.6. The number of hydrogen-bond acceptors (Lipinski definition) is 7. The van der Waals surface area contributed by atoms with Crippen molar-refractivity contribution < 1.29 is 35.9 Å². The van der Waals surface area contributed by atoms with Crippen LogP contribution < -0.4 is 0 Å². The van der Waals surface area contributed by atoms with Crippen molar-refractivity contribution in [2.45, 2.75) is 43.9 Å². The second-order valence-corrected chi connectivity index (χ2v) is 10.6. The van der Waals surface area contributed by atoms with Gasteiger partial charge in [0.1, 0.15) is 6.29 Å². The molecule has 0 atom stereocenters. The molecule has 2 aromatic rings. The molecule has 0 radical (unpaired) electrons. The fourth-order valence-electron chi connectivity index (χ4n) is 3.70. The van der Waals surface area contributed by atoms with E-state index in [1.54, 1.807) is 11.6 Å². The average Bonchev–Trinajstić information content (AvgIpc) is 3.13. The van der Waals surface area contributed by atoms with Crippen molar-refractivity contribution in [2.75, 3.05) is 25.2 Å². The Morgan fingerprint density at radius 3 is 2.68 bits per heavy atom. The number of thioether (sulfide) groups is 1. The van der Waals surface area contributed by atoms with E-state index in [1.165, 1.54) is 16.4 Å². The van der Waals surface area contributed by atoms with E-state index < -0.39 is 27.7 Å². The number of fused-ring (bicyclic) bond motifs is 1. The van der Waals surface area contributed by atoms with Crippen LogP contribution in [-0.2, 0) is 50.0 Å². The number of alkyl halides is 3. The molecule has 8 nitrogen and oxygen atoms in total. The quantitative estimate of drug-likeness (QED) is 0.285. The van der Waals surface area contributed by atoms with Crippen molar-refractivity contribution in [3.05, 3.63) is 35.0 Å². The Hall–Kier alpha value is -2.38. The number of nitrogens with zero attached hydrogens (tertiary/aromatic N) is 3. The van der Waals surface area contributed by atoms with E-state index in [9.17, 15) is 31.2 Å². The summed E-state index contributed by atoms with van der Waals surface area (Å²) in [5.74, 6) is -0.931. The molecule has 0 N–H and O–H groups in total. The Kier molecular flexibility index (Phi) is 8.09. The van der Waals surface area contributed by atoms with Crippen molar-refractivity contribution in [1.29, 1.82) is 0 Å². The molecule has 1 aromatic heterocycles. The Morgan fingerprint density at radius 2 is 2.06 bits per heavy atom. The lowest BCUT2D eigenvalue weighted by atomic mass is 10.0. The summed E-state index contributed by atoms with van der Waals surface area (Å²) in [6.45, 7) is 2.26. The van der Waals surface area contributed by atoms with Gasteiger partial charge < -0.3 is 9.53 Å². The standard InChI is InChI=1S/C21H24F3N3O5S2/c1-3-32-19(29)13-33-18-11-14(5-6-16(18)21(22,23)24)20-15-12-26(34(2,30)31)9-7-17(15)27(25-20)8-4-10-28/h5-6,10-11H,3-4,7-9,12-13H2,1-2H3. The van der Waals surface area contributed by atoms with Crippen LogP contribution in [-0.4, -0.2) is 59.9 Å². The second-order valence-electron chi connectivity index (χ2n) is 7.60. The highest BCUT2D eigenvalue weighted by Gasteiger charge is 2.35. The summed E-state index contributed by atoms with van der Waals surface area (Å²) >= 11 is 0.712. The number of carbonyl (C=O) groups is 2. The lowest BCUT2D eigenvalue weighted by Gasteiger charge is -2.25. The van der Waals surface area contributed by atoms with E-state index in [-0.39, 0.29) is 43.3 Å². The molecular formula is C21H24F3N3O5S2. The number of aromatic nitrogens is 2. The fourth-order valence-corrected chi connectivity index (χ4v) is 5.40. The molecule has 1 aliphatic heterocycles. The Morgan fingerprint density at radius 1 is 1.32 bits per heavy atom. The van der Waals surface area contributed by atoms with Gasteiger partial charge in [-0.05, 0) is 19.1 Å². The van der Waals surface area contributed by atoms with Crippen LogP contribution in [0.2, 0.25) is 0 Å². The van der Waals surface area contributed by atoms with Crippen LogP contribution >= 0.6 is 11.8 Å². The molecule has 0 saturated carbocycles. The number of aldehydes is 1. The number of hydrogen-bond donors (Lipinski definition) is 0. The van der Waals surface area contributed by atoms with Gasteiger partial charge in [-0.25, -0.2) is 8.42 Å². The minimum absolute atomic E-state index is 0.0247. The maximum atomic E-state index is 13.6. The summed E-state index contributed by atoms with van der Waals surface area (Å²) in [6.07, 6.45) is -2.25. The third-order valence-electron chi connectivity index (χ3n) is 5.24. The van der Waals surface area contributed by atoms with Crippen LogP contribution in [0.3, 0.4) is 0 Å². The molecule has 1 aliphatic rings. The lowest BCUT2D eigenvalue weighted by Crippen LogP contribution is -2.35. The molecule has 2 heterocycles. The van der Waals surface area contributed by atoms with Crippen molar-refractivity contribution in [3.63, 3.8) is 0 Å². The SMILES string of the molecule is CCOC(=O)CSc1cc(-c2nn(CCC=O)c3c2CN(S(C)(=O)=O)CC3)ccc1C(F)(F)F. The molecule has 1 aromatic carbocycles. The van der Waals surface area contributed by atoms with E-state index in [0.29, 0.717) is 35.0 Å². The number of esters is 1. The topological polar surface area (TPSA) is 98.6 Å². The van der Waals surface area contributed by atoms with Gasteiger partial charge >= 0.3 is 12.1 Å². The average molecular weight is 520 g/mol. The summed E-state index contributed by atoms with van der Waals surface area (Å²) in [7, 11) is -3.50. The van der Waals surface area contributed by atoms with Crippen LogP contribution in [0.15, 0.2) is 23.1 Å². The summed E-state index contributed by atoms with van der Waals surface area (Å²) < 4.78 is 72.7.